The number of aliphatic carboxylic acids is 1. The van der Waals surface area contributed by atoms with E-state index in [1.165, 1.54) is 12.1 Å². The average Bonchev–Trinajstić information content (AvgIpc) is 2.16. The number of hydrogen-bond acceptors (Lipinski definition) is 4. The second-order valence-electron chi connectivity index (χ2n) is 2.68. The molecule has 6 heteroatoms. The minimum Gasteiger partial charge on any atom is -0.502 e. The van der Waals surface area contributed by atoms with Crippen molar-refractivity contribution in [1.82, 2.24) is 0 Å². The molecule has 0 fully saturated rings. The summed E-state index contributed by atoms with van der Waals surface area (Å²) in [5.41, 5.74) is -0.121. The average molecular weight is 209 g/mol. The van der Waals surface area contributed by atoms with Crippen molar-refractivity contribution < 1.29 is 19.9 Å². The lowest BCUT2D eigenvalue weighted by Gasteiger charge is -1.96. The van der Waals surface area contributed by atoms with Gasteiger partial charge >= 0.3 is 11.7 Å². The first kappa shape index (κ1) is 10.7. The molecule has 1 rings (SSSR count). The van der Waals surface area contributed by atoms with Crippen molar-refractivity contribution >= 4 is 17.7 Å². The van der Waals surface area contributed by atoms with Gasteiger partial charge in [0.2, 0.25) is 0 Å². The predicted octanol–water partition coefficient (Wildman–Crippen LogP) is 1.40. The number of aromatic hydroxyl groups is 1. The third kappa shape index (κ3) is 2.80. The third-order valence-corrected chi connectivity index (χ3v) is 1.61. The molecule has 0 aromatic heterocycles. The highest BCUT2D eigenvalue weighted by atomic mass is 16.6. The first-order valence-electron chi connectivity index (χ1n) is 3.89. The molecule has 0 amide bonds. The van der Waals surface area contributed by atoms with Crippen LogP contribution in [0, 0.1) is 10.1 Å². The van der Waals surface area contributed by atoms with Crippen LogP contribution in [0.15, 0.2) is 24.3 Å². The van der Waals surface area contributed by atoms with Gasteiger partial charge in [-0.3, -0.25) is 10.1 Å². The lowest BCUT2D eigenvalue weighted by molar-refractivity contribution is -0.385. The van der Waals surface area contributed by atoms with Gasteiger partial charge in [-0.1, -0.05) is 6.07 Å². The summed E-state index contributed by atoms with van der Waals surface area (Å²) in [7, 11) is 0. The van der Waals surface area contributed by atoms with E-state index in [1.54, 1.807) is 0 Å². The monoisotopic (exact) mass is 209 g/mol. The Hall–Kier alpha value is -2.37. The highest BCUT2D eigenvalue weighted by molar-refractivity contribution is 5.85. The zero-order valence-corrected chi connectivity index (χ0v) is 7.45. The second-order valence-corrected chi connectivity index (χ2v) is 2.68. The maximum absolute atomic E-state index is 10.4. The number of hydrogen-bond donors (Lipinski definition) is 2. The van der Waals surface area contributed by atoms with Crippen LogP contribution in [0.1, 0.15) is 5.56 Å². The predicted molar refractivity (Wildman–Crippen MR) is 51.4 cm³/mol. The Morgan fingerprint density at radius 1 is 1.47 bits per heavy atom. The molecule has 0 aliphatic rings. The maximum Gasteiger partial charge on any atom is 0.328 e. The Bertz CT molecular complexity index is 438. The van der Waals surface area contributed by atoms with Crippen LogP contribution in [0.3, 0.4) is 0 Å². The van der Waals surface area contributed by atoms with Gasteiger partial charge in [-0.25, -0.2) is 4.79 Å². The van der Waals surface area contributed by atoms with Crippen molar-refractivity contribution in [3.63, 3.8) is 0 Å². The summed E-state index contributed by atoms with van der Waals surface area (Å²) < 4.78 is 0. The van der Waals surface area contributed by atoms with E-state index in [9.17, 15) is 14.9 Å². The standard InChI is InChI=1S/C9H7NO5/c11-8-3-1-6(2-4-9(12)13)5-7(8)10(14)15/h1-5,11H,(H,12,13). The van der Waals surface area contributed by atoms with E-state index in [1.807, 2.05) is 0 Å². The van der Waals surface area contributed by atoms with E-state index >= 15 is 0 Å². The van der Waals surface area contributed by atoms with Crippen LogP contribution in [0.2, 0.25) is 0 Å². The van der Waals surface area contributed by atoms with Crippen molar-refractivity contribution in [3.05, 3.63) is 40.0 Å². The molecule has 0 aliphatic carbocycles. The summed E-state index contributed by atoms with van der Waals surface area (Å²) in [5.74, 6) is -1.60. The quantitative estimate of drug-likeness (QED) is 0.445. The van der Waals surface area contributed by atoms with Gasteiger partial charge in [0.05, 0.1) is 4.92 Å². The number of carboxylic acid groups (broad SMARTS) is 1. The molecule has 6 nitrogen and oxygen atoms in total. The van der Waals surface area contributed by atoms with E-state index in [2.05, 4.69) is 0 Å². The van der Waals surface area contributed by atoms with Crippen LogP contribution >= 0.6 is 0 Å². The minimum absolute atomic E-state index is 0.335. The molecule has 0 aliphatic heterocycles. The Morgan fingerprint density at radius 2 is 2.13 bits per heavy atom. The van der Waals surface area contributed by atoms with E-state index in [-0.39, 0.29) is 0 Å². The molecular formula is C9H7NO5. The molecule has 15 heavy (non-hydrogen) atoms. The van der Waals surface area contributed by atoms with Crippen molar-refractivity contribution in [1.29, 1.82) is 0 Å². The van der Waals surface area contributed by atoms with E-state index < -0.39 is 22.3 Å². The zero-order chi connectivity index (χ0) is 11.4. The first-order chi connectivity index (χ1) is 7.00. The van der Waals surface area contributed by atoms with Crippen molar-refractivity contribution in [2.45, 2.75) is 0 Å². The van der Waals surface area contributed by atoms with Crippen molar-refractivity contribution in [2.75, 3.05) is 0 Å². The number of nitro benzene ring substituents is 1. The Labute approximate surface area is 84.2 Å². The number of nitro groups is 1. The molecule has 0 unspecified atom stereocenters. The SMILES string of the molecule is O=C(O)C=Cc1ccc(O)c([N+](=O)[O-])c1. The number of nitrogens with zero attached hydrogens (tertiary/aromatic N) is 1. The Morgan fingerprint density at radius 3 is 2.67 bits per heavy atom. The fourth-order valence-corrected chi connectivity index (χ4v) is 0.958. The molecule has 0 bridgehead atoms. The van der Waals surface area contributed by atoms with E-state index in [0.29, 0.717) is 5.56 Å². The highest BCUT2D eigenvalue weighted by Crippen LogP contribution is 2.26. The molecule has 2 N–H and O–H groups in total. The van der Waals surface area contributed by atoms with Crippen LogP contribution in [-0.4, -0.2) is 21.1 Å². The van der Waals surface area contributed by atoms with E-state index in [0.717, 1.165) is 18.2 Å². The van der Waals surface area contributed by atoms with Crippen LogP contribution in [0.4, 0.5) is 5.69 Å². The van der Waals surface area contributed by atoms with Crippen molar-refractivity contribution in [3.8, 4) is 5.75 Å². The summed E-state index contributed by atoms with van der Waals surface area (Å²) in [6.45, 7) is 0. The third-order valence-electron chi connectivity index (χ3n) is 1.61. The molecule has 0 saturated carbocycles. The molecule has 1 aromatic rings. The molecule has 0 heterocycles. The summed E-state index contributed by atoms with van der Waals surface area (Å²) in [5, 5.41) is 27.9. The molecule has 1 aromatic carbocycles. The largest absolute Gasteiger partial charge is 0.502 e. The van der Waals surface area contributed by atoms with Gasteiger partial charge in [0.1, 0.15) is 0 Å². The topological polar surface area (TPSA) is 101 Å². The van der Waals surface area contributed by atoms with Gasteiger partial charge in [0.25, 0.3) is 0 Å². The summed E-state index contributed by atoms with van der Waals surface area (Å²) in [4.78, 5) is 19.9. The second kappa shape index (κ2) is 4.23. The number of phenols is 1. The fraction of sp³-hybridized carbons (Fsp3) is 0. The van der Waals surface area contributed by atoms with Gasteiger partial charge in [0, 0.05) is 12.1 Å². The molecule has 78 valence electrons. The smallest absolute Gasteiger partial charge is 0.328 e. The zero-order valence-electron chi connectivity index (χ0n) is 7.45. The summed E-state index contributed by atoms with van der Waals surface area (Å²) >= 11 is 0. The number of benzene rings is 1. The number of phenolic OH excluding ortho intramolecular Hbond substituents is 1. The van der Waals surface area contributed by atoms with Gasteiger partial charge in [-0.2, -0.15) is 0 Å². The Balaban J connectivity index is 3.08. The van der Waals surface area contributed by atoms with Gasteiger partial charge < -0.3 is 10.2 Å². The number of carbonyl (C=O) groups is 1. The lowest BCUT2D eigenvalue weighted by atomic mass is 10.2. The molecule has 0 saturated heterocycles. The fourth-order valence-electron chi connectivity index (χ4n) is 0.958. The van der Waals surface area contributed by atoms with Crippen LogP contribution in [0.5, 0.6) is 5.75 Å². The number of rotatable bonds is 3. The van der Waals surface area contributed by atoms with Gasteiger partial charge in [-0.05, 0) is 17.7 Å². The minimum atomic E-state index is -1.15. The van der Waals surface area contributed by atoms with Gasteiger partial charge in [-0.15, -0.1) is 0 Å². The molecule has 0 radical (unpaired) electrons. The Kier molecular flexibility index (Phi) is 3.02. The van der Waals surface area contributed by atoms with Crippen LogP contribution in [0.25, 0.3) is 6.08 Å². The number of carboxylic acids is 1. The van der Waals surface area contributed by atoms with Crippen molar-refractivity contribution in [2.24, 2.45) is 0 Å². The molecule has 0 spiro atoms. The first-order valence-corrected chi connectivity index (χ1v) is 3.89. The molecular weight excluding hydrogens is 202 g/mol. The summed E-state index contributed by atoms with van der Waals surface area (Å²) in [6.07, 6.45) is 2.06. The van der Waals surface area contributed by atoms with Gasteiger partial charge in [0.15, 0.2) is 5.75 Å². The highest BCUT2D eigenvalue weighted by Gasteiger charge is 2.12. The lowest BCUT2D eigenvalue weighted by Crippen LogP contribution is -1.90. The summed E-state index contributed by atoms with van der Waals surface area (Å²) in [6, 6.07) is 3.61. The molecule has 0 atom stereocenters. The van der Waals surface area contributed by atoms with E-state index in [4.69, 9.17) is 10.2 Å². The maximum atomic E-state index is 10.4. The van der Waals surface area contributed by atoms with Crippen LogP contribution in [-0.2, 0) is 4.79 Å². The van der Waals surface area contributed by atoms with Crippen LogP contribution < -0.4 is 0 Å². The normalized spacial score (nSPS) is 10.4.